The monoisotopic (exact) mass is 801 g/mol. The Hall–Kier alpha value is -2.37. The van der Waals surface area contributed by atoms with E-state index in [1.165, 1.54) is 135 Å². The van der Waals surface area contributed by atoms with Crippen molar-refractivity contribution in [3.8, 4) is 0 Å². The van der Waals surface area contributed by atoms with Gasteiger partial charge in [-0.25, -0.2) is 0 Å². The lowest BCUT2D eigenvalue weighted by atomic mass is 10.0. The summed E-state index contributed by atoms with van der Waals surface area (Å²) < 4.78 is 16.7. The third-order valence-electron chi connectivity index (χ3n) is 10.7. The lowest BCUT2D eigenvalue weighted by Crippen LogP contribution is -2.30. The molecule has 0 radical (unpaired) electrons. The molecule has 6 heteroatoms. The molecule has 0 saturated carbocycles. The highest BCUT2D eigenvalue weighted by Gasteiger charge is 2.19. The summed E-state index contributed by atoms with van der Waals surface area (Å²) in [5, 5.41) is 0. The van der Waals surface area contributed by atoms with E-state index in [4.69, 9.17) is 14.2 Å². The Morgan fingerprint density at radius 1 is 0.368 bits per heavy atom. The third kappa shape index (κ3) is 44.6. The second-order valence-electron chi connectivity index (χ2n) is 16.4. The minimum Gasteiger partial charge on any atom is -0.462 e. The van der Waals surface area contributed by atoms with Gasteiger partial charge in [0.15, 0.2) is 6.10 Å². The number of carbonyl (C=O) groups excluding carboxylic acids is 3. The minimum absolute atomic E-state index is 0.0836. The zero-order valence-electron chi connectivity index (χ0n) is 37.9. The van der Waals surface area contributed by atoms with Crippen LogP contribution in [0.2, 0.25) is 0 Å². The topological polar surface area (TPSA) is 78.9 Å². The molecule has 0 rings (SSSR count). The van der Waals surface area contributed by atoms with Crippen molar-refractivity contribution in [2.45, 2.75) is 258 Å². The standard InChI is InChI=1S/C51H92O6/c1-4-7-10-13-16-19-22-25-26-27-30-32-35-38-41-44-50(53)56-47-48(57-51(54)45-42-39-36-33-29-24-21-18-15-12-9-6-3)46-55-49(52)43-40-37-34-31-28-23-20-17-14-11-8-5-2/h9,12,18,21,29,33,48H,4-8,10-11,13-17,19-20,22-28,30-32,34-47H2,1-3H3/b12-9-,21-18-,33-29-. The van der Waals surface area contributed by atoms with Crippen LogP contribution in [0.15, 0.2) is 36.5 Å². The average molecular weight is 801 g/mol. The first-order valence-corrected chi connectivity index (χ1v) is 24.5. The summed E-state index contributed by atoms with van der Waals surface area (Å²) in [4.78, 5) is 37.8. The maximum absolute atomic E-state index is 12.7. The van der Waals surface area contributed by atoms with Gasteiger partial charge in [-0.3, -0.25) is 14.4 Å². The molecule has 6 nitrogen and oxygen atoms in total. The molecule has 0 aromatic rings. The second kappa shape index (κ2) is 46.3. The van der Waals surface area contributed by atoms with Crippen molar-refractivity contribution >= 4 is 17.9 Å². The van der Waals surface area contributed by atoms with Gasteiger partial charge in [-0.2, -0.15) is 0 Å². The van der Waals surface area contributed by atoms with Gasteiger partial charge in [0, 0.05) is 19.3 Å². The largest absolute Gasteiger partial charge is 0.462 e. The summed E-state index contributed by atoms with van der Waals surface area (Å²) in [7, 11) is 0. The fourth-order valence-corrected chi connectivity index (χ4v) is 6.99. The summed E-state index contributed by atoms with van der Waals surface area (Å²) in [6.45, 7) is 6.50. The number of hydrogen-bond donors (Lipinski definition) is 0. The molecule has 0 saturated heterocycles. The molecule has 0 N–H and O–H groups in total. The summed E-state index contributed by atoms with van der Waals surface area (Å²) in [6, 6.07) is 0. The van der Waals surface area contributed by atoms with Gasteiger partial charge < -0.3 is 14.2 Å². The van der Waals surface area contributed by atoms with Gasteiger partial charge in [-0.15, -0.1) is 0 Å². The van der Waals surface area contributed by atoms with Gasteiger partial charge in [0.05, 0.1) is 0 Å². The Morgan fingerprint density at radius 2 is 0.684 bits per heavy atom. The van der Waals surface area contributed by atoms with E-state index < -0.39 is 6.10 Å². The predicted octanol–water partition coefficient (Wildman–Crippen LogP) is 15.8. The van der Waals surface area contributed by atoms with Crippen molar-refractivity contribution in [3.05, 3.63) is 36.5 Å². The van der Waals surface area contributed by atoms with Crippen molar-refractivity contribution in [1.29, 1.82) is 0 Å². The van der Waals surface area contributed by atoms with E-state index in [1.807, 2.05) is 0 Å². The smallest absolute Gasteiger partial charge is 0.306 e. The molecule has 1 unspecified atom stereocenters. The van der Waals surface area contributed by atoms with Crippen molar-refractivity contribution in [2.75, 3.05) is 13.2 Å². The molecule has 0 spiro atoms. The quantitative estimate of drug-likeness (QED) is 0.0264. The summed E-state index contributed by atoms with van der Waals surface area (Å²) in [6.07, 6.45) is 52.7. The average Bonchev–Trinajstić information content (AvgIpc) is 3.21. The molecule has 0 aliphatic carbocycles. The maximum Gasteiger partial charge on any atom is 0.306 e. The van der Waals surface area contributed by atoms with Gasteiger partial charge in [0.2, 0.25) is 0 Å². The highest BCUT2D eigenvalue weighted by Crippen LogP contribution is 2.15. The van der Waals surface area contributed by atoms with E-state index in [0.717, 1.165) is 70.6 Å². The number of esters is 3. The molecule has 332 valence electrons. The highest BCUT2D eigenvalue weighted by atomic mass is 16.6. The molecule has 57 heavy (non-hydrogen) atoms. The minimum atomic E-state index is -0.785. The number of unbranched alkanes of at least 4 members (excludes halogenated alkanes) is 27. The number of rotatable bonds is 44. The first kappa shape index (κ1) is 54.6. The van der Waals surface area contributed by atoms with Crippen molar-refractivity contribution in [1.82, 2.24) is 0 Å². The predicted molar refractivity (Wildman–Crippen MR) is 242 cm³/mol. The lowest BCUT2D eigenvalue weighted by Gasteiger charge is -2.18. The van der Waals surface area contributed by atoms with Crippen LogP contribution in [0.5, 0.6) is 0 Å². The van der Waals surface area contributed by atoms with Crippen LogP contribution in [-0.2, 0) is 28.6 Å². The highest BCUT2D eigenvalue weighted by molar-refractivity contribution is 5.71. The molecule has 0 aromatic carbocycles. The molecular weight excluding hydrogens is 709 g/mol. The Kier molecular flexibility index (Phi) is 44.4. The van der Waals surface area contributed by atoms with Crippen molar-refractivity contribution in [2.24, 2.45) is 0 Å². The van der Waals surface area contributed by atoms with Crippen LogP contribution in [0, 0.1) is 0 Å². The molecule has 0 amide bonds. The van der Waals surface area contributed by atoms with Gasteiger partial charge in [-0.1, -0.05) is 218 Å². The zero-order valence-corrected chi connectivity index (χ0v) is 37.9. The van der Waals surface area contributed by atoms with Crippen molar-refractivity contribution in [3.63, 3.8) is 0 Å². The van der Waals surface area contributed by atoms with Crippen LogP contribution >= 0.6 is 0 Å². The molecule has 0 heterocycles. The van der Waals surface area contributed by atoms with Crippen molar-refractivity contribution < 1.29 is 28.6 Å². The number of ether oxygens (including phenoxy) is 3. The molecule has 0 aromatic heterocycles. The SMILES string of the molecule is CC/C=C\C/C=C\C/C=C\CCCCC(=O)OC(COC(=O)CCCCCCCCCCCCCC)COC(=O)CCCCCCCCCCCCCCCCC. The fourth-order valence-electron chi connectivity index (χ4n) is 6.99. The molecule has 1 atom stereocenters. The summed E-state index contributed by atoms with van der Waals surface area (Å²) >= 11 is 0. The Morgan fingerprint density at radius 3 is 1.07 bits per heavy atom. The number of hydrogen-bond acceptors (Lipinski definition) is 6. The third-order valence-corrected chi connectivity index (χ3v) is 10.7. The van der Waals surface area contributed by atoms with E-state index in [1.54, 1.807) is 0 Å². The lowest BCUT2D eigenvalue weighted by molar-refractivity contribution is -0.167. The van der Waals surface area contributed by atoms with E-state index in [9.17, 15) is 14.4 Å². The molecule has 0 fully saturated rings. The number of carbonyl (C=O) groups is 3. The maximum atomic E-state index is 12.7. The normalized spacial score (nSPS) is 12.3. The summed E-state index contributed by atoms with van der Waals surface area (Å²) in [5.41, 5.74) is 0. The van der Waals surface area contributed by atoms with E-state index in [0.29, 0.717) is 19.3 Å². The van der Waals surface area contributed by atoms with Crippen LogP contribution in [0.4, 0.5) is 0 Å². The second-order valence-corrected chi connectivity index (χ2v) is 16.4. The van der Waals surface area contributed by atoms with Crippen LogP contribution in [0.25, 0.3) is 0 Å². The van der Waals surface area contributed by atoms with Crippen LogP contribution in [0.3, 0.4) is 0 Å². The zero-order chi connectivity index (χ0) is 41.5. The summed E-state index contributed by atoms with van der Waals surface area (Å²) in [5.74, 6) is -0.915. The number of allylic oxidation sites excluding steroid dienone is 6. The fraction of sp³-hybridized carbons (Fsp3) is 0.824. The van der Waals surface area contributed by atoms with E-state index in [2.05, 4.69) is 57.2 Å². The first-order chi connectivity index (χ1) is 28.0. The van der Waals surface area contributed by atoms with Gasteiger partial charge in [0.1, 0.15) is 13.2 Å². The van der Waals surface area contributed by atoms with Crippen LogP contribution in [-0.4, -0.2) is 37.2 Å². The van der Waals surface area contributed by atoms with Gasteiger partial charge in [0.25, 0.3) is 0 Å². The molecular formula is C51H92O6. The van der Waals surface area contributed by atoms with E-state index >= 15 is 0 Å². The molecule has 0 aliphatic heterocycles. The Bertz CT molecular complexity index is 969. The molecule has 0 bridgehead atoms. The Labute approximate surface area is 353 Å². The van der Waals surface area contributed by atoms with Gasteiger partial charge in [-0.05, 0) is 51.4 Å². The van der Waals surface area contributed by atoms with Crippen LogP contribution in [0.1, 0.15) is 252 Å². The van der Waals surface area contributed by atoms with Crippen LogP contribution < -0.4 is 0 Å². The Balaban J connectivity index is 4.37. The molecule has 0 aliphatic rings. The van der Waals surface area contributed by atoms with E-state index in [-0.39, 0.29) is 37.5 Å². The first-order valence-electron chi connectivity index (χ1n) is 24.5. The van der Waals surface area contributed by atoms with Gasteiger partial charge >= 0.3 is 17.9 Å².